The molecule has 0 aliphatic rings. The van der Waals surface area contributed by atoms with Crippen molar-refractivity contribution in [2.45, 2.75) is 33.1 Å². The van der Waals surface area contributed by atoms with Gasteiger partial charge in [-0.15, -0.1) is 0 Å². The molecule has 15 heteroatoms. The van der Waals surface area contributed by atoms with Gasteiger partial charge in [0.15, 0.2) is 11.4 Å². The van der Waals surface area contributed by atoms with Crippen molar-refractivity contribution in [3.8, 4) is 0 Å². The summed E-state index contributed by atoms with van der Waals surface area (Å²) in [7, 11) is 0. The first-order valence-corrected chi connectivity index (χ1v) is 11.3. The summed E-state index contributed by atoms with van der Waals surface area (Å²) in [5.41, 5.74) is -2.53. The van der Waals surface area contributed by atoms with Gasteiger partial charge in [0.2, 0.25) is 0 Å². The van der Waals surface area contributed by atoms with Crippen molar-refractivity contribution < 1.29 is 79.5 Å². The molecule has 0 bridgehead atoms. The summed E-state index contributed by atoms with van der Waals surface area (Å²) >= 11 is 0. The fourth-order valence-corrected chi connectivity index (χ4v) is 2.16. The largest absolute Gasteiger partial charge is 1.00 e. The maximum absolute atomic E-state index is 12.7. The second-order valence-electron chi connectivity index (χ2n) is 8.01. The van der Waals surface area contributed by atoms with Crippen molar-refractivity contribution in [3.05, 3.63) is 108 Å². The number of carbonyl (C=O) groups excluding carboxylic acids is 3. The Morgan fingerprint density at radius 3 is 1.26 bits per heavy atom. The normalized spacial score (nSPS) is 11.2. The zero-order valence-electron chi connectivity index (χ0n) is 22.9. The first-order valence-electron chi connectivity index (χ1n) is 11.3. The summed E-state index contributed by atoms with van der Waals surface area (Å²) in [6.07, 6.45) is -9.34. The van der Waals surface area contributed by atoms with Crippen LogP contribution in [0.25, 0.3) is 0 Å². The van der Waals surface area contributed by atoms with Crippen molar-refractivity contribution in [2.24, 2.45) is 10.3 Å². The molecule has 1 N–H and O–H groups in total. The van der Waals surface area contributed by atoms with Crippen LogP contribution in [0.2, 0.25) is 0 Å². The number of rotatable bonds is 6. The molecule has 234 valence electrons. The predicted octanol–water partition coefficient (Wildman–Crippen LogP) is 3.71. The Morgan fingerprint density at radius 2 is 0.977 bits per heavy atom. The minimum Gasteiger partial charge on any atom is -1.00 e. The van der Waals surface area contributed by atoms with E-state index in [2.05, 4.69) is 39.6 Å². The molecule has 0 saturated heterocycles. The van der Waals surface area contributed by atoms with Gasteiger partial charge >= 0.3 is 30.3 Å². The van der Waals surface area contributed by atoms with Crippen LogP contribution in [-0.4, -0.2) is 46.9 Å². The molecule has 0 amide bonds. The molecule has 0 fully saturated rings. The minimum atomic E-state index is -4.71. The Labute approximate surface area is 260 Å². The van der Waals surface area contributed by atoms with Crippen LogP contribution in [0.1, 0.15) is 31.9 Å². The topological polar surface area (TPSA) is 115 Å². The third kappa shape index (κ3) is 16.1. The lowest BCUT2D eigenvalue weighted by Crippen LogP contribution is -3.00. The zero-order chi connectivity index (χ0) is 32.7. The Kier molecular flexibility index (Phi) is 18.1. The molecule has 0 heterocycles. The number of benzene rings is 2. The monoisotopic (exact) mass is 727 g/mol. The third-order valence-electron chi connectivity index (χ3n) is 4.18. The highest BCUT2D eigenvalue weighted by Crippen LogP contribution is 2.23. The van der Waals surface area contributed by atoms with Gasteiger partial charge in [-0.05, 0) is 20.8 Å². The summed E-state index contributed by atoms with van der Waals surface area (Å²) in [6.45, 7) is 14.1. The first kappa shape index (κ1) is 40.9. The van der Waals surface area contributed by atoms with Gasteiger partial charge in [0, 0.05) is 27.8 Å². The summed E-state index contributed by atoms with van der Waals surface area (Å²) in [5, 5.41) is 13.3. The Bertz CT molecular complexity index is 1320. The Balaban J connectivity index is 0. The minimum absolute atomic E-state index is 0. The van der Waals surface area contributed by atoms with Gasteiger partial charge < -0.3 is 38.8 Å². The summed E-state index contributed by atoms with van der Waals surface area (Å²) in [4.78, 5) is 36.5. The fourth-order valence-electron chi connectivity index (χ4n) is 2.16. The molecule has 2 aromatic rings. The third-order valence-corrected chi connectivity index (χ3v) is 4.18. The van der Waals surface area contributed by atoms with Crippen molar-refractivity contribution in [1.82, 2.24) is 0 Å². The number of hydrogen-bond donors (Lipinski definition) is 1. The summed E-state index contributed by atoms with van der Waals surface area (Å²) < 4.78 is 78.8. The van der Waals surface area contributed by atoms with E-state index in [0.29, 0.717) is 0 Å². The molecule has 0 aliphatic carbocycles. The smallest absolute Gasteiger partial charge is 0.437 e. The van der Waals surface area contributed by atoms with Gasteiger partial charge in [-0.3, -0.25) is 0 Å². The van der Waals surface area contributed by atoms with Crippen molar-refractivity contribution in [2.75, 3.05) is 0 Å². The van der Waals surface area contributed by atoms with Crippen LogP contribution in [0.3, 0.4) is 0 Å². The molecular formula is C28H26F6IN2O6-. The number of alkyl halides is 6. The number of hydrogen-bond acceptors (Lipinski definition) is 8. The summed E-state index contributed by atoms with van der Waals surface area (Å²) in [6, 6.07) is 13.8. The molecule has 0 aromatic heterocycles. The lowest BCUT2D eigenvalue weighted by Gasteiger charge is -2.09. The van der Waals surface area contributed by atoms with Crippen molar-refractivity contribution >= 4 is 29.3 Å². The van der Waals surface area contributed by atoms with E-state index in [1.54, 1.807) is 12.1 Å². The van der Waals surface area contributed by atoms with Gasteiger partial charge in [0.25, 0.3) is 0 Å². The lowest BCUT2D eigenvalue weighted by atomic mass is 10.1. The molecule has 0 radical (unpaired) electrons. The highest BCUT2D eigenvalue weighted by molar-refractivity contribution is 6.05. The van der Waals surface area contributed by atoms with Gasteiger partial charge in [0.05, 0.1) is 0 Å². The van der Waals surface area contributed by atoms with Crippen molar-refractivity contribution in [3.63, 3.8) is 0 Å². The Hall–Kier alpha value is -4.28. The number of esters is 2. The number of nitrogens with zero attached hydrogens (tertiary/aromatic N) is 2. The van der Waals surface area contributed by atoms with E-state index >= 15 is 0 Å². The van der Waals surface area contributed by atoms with Gasteiger partial charge in [-0.25, -0.2) is 14.4 Å². The van der Waals surface area contributed by atoms with Crippen LogP contribution in [0.5, 0.6) is 0 Å². The van der Waals surface area contributed by atoms with Crippen LogP contribution in [-0.2, 0) is 24.0 Å². The molecule has 0 unspecified atom stereocenters. The van der Waals surface area contributed by atoms with Gasteiger partial charge in [-0.2, -0.15) is 26.3 Å². The van der Waals surface area contributed by atoms with Crippen LogP contribution in [0.15, 0.2) is 107 Å². The number of ether oxygens (including phenoxy) is 1. The highest BCUT2D eigenvalue weighted by atomic mass is 127. The van der Waals surface area contributed by atoms with Crippen LogP contribution in [0, 0.1) is 0 Å². The van der Waals surface area contributed by atoms with E-state index in [0.717, 1.165) is 0 Å². The molecule has 0 atom stereocenters. The van der Waals surface area contributed by atoms with E-state index in [9.17, 15) is 40.7 Å². The van der Waals surface area contributed by atoms with Crippen LogP contribution >= 0.6 is 0 Å². The highest BCUT2D eigenvalue weighted by Gasteiger charge is 2.38. The molecule has 2 rings (SSSR count). The van der Waals surface area contributed by atoms with E-state index in [1.165, 1.54) is 69.3 Å². The summed E-state index contributed by atoms with van der Waals surface area (Å²) in [5.74, 6) is -2.43. The van der Waals surface area contributed by atoms with E-state index < -0.39 is 41.7 Å². The fraction of sp³-hybridized carbons (Fsp3) is 0.179. The molecule has 0 aliphatic heterocycles. The van der Waals surface area contributed by atoms with Crippen molar-refractivity contribution in [1.29, 1.82) is 0 Å². The zero-order valence-corrected chi connectivity index (χ0v) is 25.1. The number of halogens is 7. The molecule has 0 spiro atoms. The van der Waals surface area contributed by atoms with Crippen LogP contribution in [0.4, 0.5) is 26.3 Å². The maximum atomic E-state index is 12.7. The maximum Gasteiger partial charge on any atom is 0.437 e. The second-order valence-corrected chi connectivity index (χ2v) is 8.01. The standard InChI is InChI=1S/C12H10F3NO2.C8H6F3NO.C8H10O3.HI/c1-8(2)11(17)18-16-10(12(13,14)15)9-6-4-3-5-7-9;9-8(10,11)7(12-13)6-4-2-1-3-5-6;1-5(2)7(9)11-8(10)6(3)4;/h3-7H,1H2,2H3;1-5,13H;1,3H2,2,4H3;1H/p-1/b16-10-;12-7-;;. The Morgan fingerprint density at radius 1 is 0.651 bits per heavy atom. The molecule has 43 heavy (non-hydrogen) atoms. The average molecular weight is 727 g/mol. The molecule has 2 aromatic carbocycles. The van der Waals surface area contributed by atoms with Gasteiger partial charge in [-0.1, -0.05) is 90.7 Å². The number of oxime groups is 2. The molecule has 0 saturated carbocycles. The second kappa shape index (κ2) is 19.0. The predicted molar refractivity (Wildman–Crippen MR) is 141 cm³/mol. The van der Waals surface area contributed by atoms with E-state index in [4.69, 9.17) is 5.21 Å². The quantitative estimate of drug-likeness (QED) is 0.0559. The van der Waals surface area contributed by atoms with E-state index in [-0.39, 0.29) is 51.8 Å². The van der Waals surface area contributed by atoms with E-state index in [1.807, 2.05) is 0 Å². The molecular weight excluding hydrogens is 701 g/mol. The SMILES string of the molecule is C=C(C)C(=O)O/N=C(/c1ccccc1)C(F)(F)F.C=C(C)C(=O)OC(=O)C(=C)C.O/N=C(/c1ccccc1)C(F)(F)F.[I-]. The first-order chi connectivity index (χ1) is 19.3. The average Bonchev–Trinajstić information content (AvgIpc) is 2.89. The number of carbonyl (C=O) groups is 3. The molecule has 8 nitrogen and oxygen atoms in total. The van der Waals surface area contributed by atoms with Crippen LogP contribution < -0.4 is 24.0 Å². The lowest BCUT2D eigenvalue weighted by molar-refractivity contribution is -0.154. The van der Waals surface area contributed by atoms with Gasteiger partial charge in [0.1, 0.15) is 0 Å².